The van der Waals surface area contributed by atoms with Gasteiger partial charge in [0.1, 0.15) is 0 Å². The molecule has 0 aromatic heterocycles. The van der Waals surface area contributed by atoms with Crippen molar-refractivity contribution >= 4 is 0 Å². The summed E-state index contributed by atoms with van der Waals surface area (Å²) in [5.41, 5.74) is 0. The van der Waals surface area contributed by atoms with Crippen LogP contribution < -0.4 is 0 Å². The van der Waals surface area contributed by atoms with E-state index in [1.54, 1.807) is 18.7 Å². The third-order valence-electron chi connectivity index (χ3n) is 1.99. The van der Waals surface area contributed by atoms with Gasteiger partial charge >= 0.3 is 0 Å². The Morgan fingerprint density at radius 2 is 1.47 bits per heavy atom. The Morgan fingerprint density at radius 1 is 1.06 bits per heavy atom. The summed E-state index contributed by atoms with van der Waals surface area (Å²) in [6, 6.07) is 0. The lowest BCUT2D eigenvalue weighted by Gasteiger charge is -2.33. The Balaban J connectivity index is 4.39. The molecule has 0 rings (SSSR count). The number of hydrogen-bond donors (Lipinski definition) is 4. The number of aliphatic hydroxyl groups excluding tert-OH is 3. The molecule has 0 fully saturated rings. The first-order chi connectivity index (χ1) is 7.62. The quantitative estimate of drug-likeness (QED) is 0.418. The van der Waals surface area contributed by atoms with Gasteiger partial charge in [-0.3, -0.25) is 4.90 Å². The van der Waals surface area contributed by atoms with Gasteiger partial charge in [0.2, 0.25) is 0 Å². The lowest BCUT2D eigenvalue weighted by atomic mass is 10.2. The molecule has 4 atom stereocenters. The van der Waals surface area contributed by atoms with Crippen LogP contribution in [0.3, 0.4) is 0 Å². The number of rotatable bonds is 8. The maximum Gasteiger partial charge on any atom is 0.178 e. The zero-order valence-electron chi connectivity index (χ0n) is 11.0. The summed E-state index contributed by atoms with van der Waals surface area (Å²) in [6.07, 6.45) is -2.22. The minimum absolute atomic E-state index is 0.0910. The summed E-state index contributed by atoms with van der Waals surface area (Å²) in [5, 5.41) is 37.6. The Bertz CT molecular complexity index is 196. The van der Waals surface area contributed by atoms with Crippen molar-refractivity contribution in [1.82, 2.24) is 4.90 Å². The van der Waals surface area contributed by atoms with E-state index in [1.807, 2.05) is 0 Å². The monoisotopic (exact) mass is 251 g/mol. The molecule has 0 amide bonds. The first-order valence-electron chi connectivity index (χ1n) is 5.79. The highest BCUT2D eigenvalue weighted by atomic mass is 16.7. The fraction of sp³-hybridized carbons (Fsp3) is 1.00. The van der Waals surface area contributed by atoms with Crippen LogP contribution in [0.25, 0.3) is 0 Å². The molecule has 0 aliphatic heterocycles. The van der Waals surface area contributed by atoms with Crippen LogP contribution >= 0.6 is 0 Å². The van der Waals surface area contributed by atoms with Crippen LogP contribution in [0.2, 0.25) is 0 Å². The number of nitrogens with zero attached hydrogens (tertiary/aromatic N) is 1. The van der Waals surface area contributed by atoms with E-state index >= 15 is 0 Å². The van der Waals surface area contributed by atoms with Gasteiger partial charge in [-0.05, 0) is 27.7 Å². The van der Waals surface area contributed by atoms with Gasteiger partial charge in [0, 0.05) is 13.1 Å². The Morgan fingerprint density at radius 3 is 1.76 bits per heavy atom. The molecule has 0 aliphatic carbocycles. The van der Waals surface area contributed by atoms with E-state index in [1.165, 1.54) is 13.8 Å². The molecule has 0 aromatic rings. The maximum absolute atomic E-state index is 9.89. The molecule has 6 nitrogen and oxygen atoms in total. The SMILES string of the molecule is CC(O)CN(CC(C)O)CC(C)(O)OC(C)O. The van der Waals surface area contributed by atoms with Crippen molar-refractivity contribution in [2.24, 2.45) is 0 Å². The molecule has 4 unspecified atom stereocenters. The minimum atomic E-state index is -1.53. The van der Waals surface area contributed by atoms with Gasteiger partial charge < -0.3 is 25.2 Å². The molecule has 4 N–H and O–H groups in total. The number of hydrogen-bond acceptors (Lipinski definition) is 6. The van der Waals surface area contributed by atoms with Crippen molar-refractivity contribution in [3.63, 3.8) is 0 Å². The molecule has 17 heavy (non-hydrogen) atoms. The zero-order valence-corrected chi connectivity index (χ0v) is 11.0. The summed E-state index contributed by atoms with van der Waals surface area (Å²) in [4.78, 5) is 1.68. The van der Waals surface area contributed by atoms with Crippen LogP contribution in [-0.2, 0) is 4.74 Å². The molecule has 6 heteroatoms. The van der Waals surface area contributed by atoms with Crippen LogP contribution in [0.1, 0.15) is 27.7 Å². The smallest absolute Gasteiger partial charge is 0.178 e. The largest absolute Gasteiger partial charge is 0.392 e. The van der Waals surface area contributed by atoms with Crippen molar-refractivity contribution in [1.29, 1.82) is 0 Å². The Kier molecular flexibility index (Phi) is 7.15. The first kappa shape index (κ1) is 16.8. The van der Waals surface area contributed by atoms with E-state index in [9.17, 15) is 15.3 Å². The van der Waals surface area contributed by atoms with Gasteiger partial charge in [0.05, 0.1) is 18.8 Å². The molecule has 0 aliphatic rings. The fourth-order valence-corrected chi connectivity index (χ4v) is 1.77. The second-order valence-electron chi connectivity index (χ2n) is 4.78. The van der Waals surface area contributed by atoms with Crippen molar-refractivity contribution in [3.8, 4) is 0 Å². The van der Waals surface area contributed by atoms with Gasteiger partial charge in [-0.15, -0.1) is 0 Å². The van der Waals surface area contributed by atoms with Crippen LogP contribution in [-0.4, -0.2) is 69.2 Å². The maximum atomic E-state index is 9.89. The second kappa shape index (κ2) is 7.25. The summed E-state index contributed by atoms with van der Waals surface area (Å²) in [6.45, 7) is 6.79. The summed E-state index contributed by atoms with van der Waals surface area (Å²) >= 11 is 0. The standard InChI is InChI=1S/C11H25NO5/c1-8(13)5-12(6-9(2)14)7-11(4,16)17-10(3)15/h8-10,13-16H,5-7H2,1-4H3. The average molecular weight is 251 g/mol. The molecule has 0 saturated heterocycles. The molecular weight excluding hydrogens is 226 g/mol. The molecule has 0 radical (unpaired) electrons. The minimum Gasteiger partial charge on any atom is -0.392 e. The van der Waals surface area contributed by atoms with Crippen molar-refractivity contribution in [2.45, 2.75) is 52.0 Å². The highest BCUT2D eigenvalue weighted by Crippen LogP contribution is 2.11. The average Bonchev–Trinajstić information content (AvgIpc) is 1.95. The van der Waals surface area contributed by atoms with Crippen LogP contribution in [0, 0.1) is 0 Å². The summed E-state index contributed by atoms with van der Waals surface area (Å²) in [7, 11) is 0. The van der Waals surface area contributed by atoms with E-state index < -0.39 is 24.3 Å². The normalized spacial score (nSPS) is 21.0. The van der Waals surface area contributed by atoms with E-state index in [0.717, 1.165) is 0 Å². The number of aliphatic hydroxyl groups is 4. The van der Waals surface area contributed by atoms with E-state index in [0.29, 0.717) is 13.1 Å². The molecule has 0 spiro atoms. The molecule has 104 valence electrons. The fourth-order valence-electron chi connectivity index (χ4n) is 1.77. The highest BCUT2D eigenvalue weighted by molar-refractivity contribution is 4.72. The highest BCUT2D eigenvalue weighted by Gasteiger charge is 2.27. The molecule has 0 saturated carbocycles. The third-order valence-corrected chi connectivity index (χ3v) is 1.99. The Labute approximate surface area is 102 Å². The van der Waals surface area contributed by atoms with E-state index in [4.69, 9.17) is 9.84 Å². The third kappa shape index (κ3) is 9.46. The molecule has 0 aromatic carbocycles. The first-order valence-corrected chi connectivity index (χ1v) is 5.79. The van der Waals surface area contributed by atoms with Crippen molar-refractivity contribution in [3.05, 3.63) is 0 Å². The molecular formula is C11H25NO5. The van der Waals surface area contributed by atoms with Gasteiger partial charge in [0.15, 0.2) is 12.1 Å². The van der Waals surface area contributed by atoms with Crippen molar-refractivity contribution < 1.29 is 25.2 Å². The summed E-state index contributed by atoms with van der Waals surface area (Å²) < 4.78 is 4.94. The summed E-state index contributed by atoms with van der Waals surface area (Å²) in [5.74, 6) is -1.53. The van der Waals surface area contributed by atoms with Crippen LogP contribution in [0.4, 0.5) is 0 Å². The van der Waals surface area contributed by atoms with Gasteiger partial charge in [0.25, 0.3) is 0 Å². The second-order valence-corrected chi connectivity index (χ2v) is 4.78. The van der Waals surface area contributed by atoms with Crippen LogP contribution in [0.5, 0.6) is 0 Å². The lowest BCUT2D eigenvalue weighted by Crippen LogP contribution is -2.48. The Hall–Kier alpha value is -0.240. The topological polar surface area (TPSA) is 93.4 Å². The molecule has 0 bridgehead atoms. The van der Waals surface area contributed by atoms with E-state index in [-0.39, 0.29) is 6.54 Å². The predicted molar refractivity (Wildman–Crippen MR) is 63.2 cm³/mol. The van der Waals surface area contributed by atoms with Gasteiger partial charge in [-0.25, -0.2) is 0 Å². The zero-order chi connectivity index (χ0) is 13.6. The van der Waals surface area contributed by atoms with E-state index in [2.05, 4.69) is 0 Å². The predicted octanol–water partition coefficient (Wildman–Crippen LogP) is -0.887. The molecule has 0 heterocycles. The van der Waals surface area contributed by atoms with Gasteiger partial charge in [-0.1, -0.05) is 0 Å². The van der Waals surface area contributed by atoms with Crippen molar-refractivity contribution in [2.75, 3.05) is 19.6 Å². The van der Waals surface area contributed by atoms with Gasteiger partial charge in [-0.2, -0.15) is 0 Å². The lowest BCUT2D eigenvalue weighted by molar-refractivity contribution is -0.270. The number of ether oxygens (including phenoxy) is 1. The van der Waals surface area contributed by atoms with Crippen LogP contribution in [0.15, 0.2) is 0 Å².